The highest BCUT2D eigenvalue weighted by atomic mass is 19.4. The van der Waals surface area contributed by atoms with Crippen molar-refractivity contribution in [2.75, 3.05) is 36.2 Å². The van der Waals surface area contributed by atoms with Crippen LogP contribution in [0.3, 0.4) is 0 Å². The van der Waals surface area contributed by atoms with Gasteiger partial charge in [0.05, 0.1) is 5.69 Å². The van der Waals surface area contributed by atoms with E-state index < -0.39 is 18.8 Å². The summed E-state index contributed by atoms with van der Waals surface area (Å²) in [4.78, 5) is 31.5. The summed E-state index contributed by atoms with van der Waals surface area (Å²) >= 11 is 0. The monoisotopic (exact) mass is 539 g/mol. The van der Waals surface area contributed by atoms with E-state index in [2.05, 4.69) is 30.1 Å². The summed E-state index contributed by atoms with van der Waals surface area (Å²) in [5, 5.41) is 6.56. The Morgan fingerprint density at radius 3 is 2.51 bits per heavy atom. The molecule has 4 rings (SSSR count). The molecule has 39 heavy (non-hydrogen) atoms. The van der Waals surface area contributed by atoms with Gasteiger partial charge in [-0.15, -0.1) is 0 Å². The fraction of sp³-hybridized carbons (Fsp3) is 0.200. The number of carbonyl (C=O) groups is 1. The molecule has 0 radical (unpaired) electrons. The molecular formula is C25H24F3N9O2. The summed E-state index contributed by atoms with van der Waals surface area (Å²) in [5.41, 5.74) is 9.63. The van der Waals surface area contributed by atoms with Crippen LogP contribution >= 0.6 is 0 Å². The number of anilines is 4. The van der Waals surface area contributed by atoms with E-state index >= 15 is 0 Å². The molecule has 0 unspecified atom stereocenters. The molecule has 0 aliphatic carbocycles. The lowest BCUT2D eigenvalue weighted by atomic mass is 10.1. The standard InChI is InChI=1S/C25H24F3N9O2/c1-30-10-17-9-20(7-8-21(17)29)36(2)12-18-11-31-24(39-13-25(26,27)28)34-23(18)37(15-38)19-5-3-16(4-6-19)22-32-14-33-35-22/h3-11,14-15H,12-13,29H2,1-2H3,(H,32,33,35). The predicted octanol–water partition coefficient (Wildman–Crippen LogP) is 3.76. The van der Waals surface area contributed by atoms with E-state index in [1.165, 1.54) is 17.4 Å². The smallest absolute Gasteiger partial charge is 0.422 e. The van der Waals surface area contributed by atoms with Crippen LogP contribution in [-0.2, 0) is 11.3 Å². The molecule has 0 fully saturated rings. The maximum Gasteiger partial charge on any atom is 0.422 e. The van der Waals surface area contributed by atoms with Crippen molar-refractivity contribution >= 4 is 35.5 Å². The van der Waals surface area contributed by atoms with Gasteiger partial charge in [0.1, 0.15) is 6.33 Å². The minimum Gasteiger partial charge on any atom is -0.454 e. The van der Waals surface area contributed by atoms with Crippen LogP contribution in [0.1, 0.15) is 11.1 Å². The van der Waals surface area contributed by atoms with Gasteiger partial charge in [0, 0.05) is 61.1 Å². The van der Waals surface area contributed by atoms with Gasteiger partial charge in [-0.25, -0.2) is 9.97 Å². The lowest BCUT2D eigenvalue weighted by Crippen LogP contribution is -2.24. The molecular weight excluding hydrogens is 515 g/mol. The zero-order valence-corrected chi connectivity index (χ0v) is 20.9. The Hall–Kier alpha value is -5.01. The average molecular weight is 540 g/mol. The number of alkyl halides is 3. The molecule has 2 heterocycles. The Bertz CT molecular complexity index is 1440. The summed E-state index contributed by atoms with van der Waals surface area (Å²) in [6, 6.07) is 11.6. The van der Waals surface area contributed by atoms with E-state index in [1.54, 1.807) is 50.6 Å². The van der Waals surface area contributed by atoms with E-state index in [0.717, 1.165) is 11.3 Å². The molecule has 3 N–H and O–H groups in total. The van der Waals surface area contributed by atoms with Crippen molar-refractivity contribution in [1.29, 1.82) is 0 Å². The number of hydrogen-bond acceptors (Lipinski definition) is 9. The highest BCUT2D eigenvalue weighted by molar-refractivity contribution is 5.89. The maximum atomic E-state index is 12.8. The van der Waals surface area contributed by atoms with E-state index in [0.29, 0.717) is 34.7 Å². The predicted molar refractivity (Wildman–Crippen MR) is 140 cm³/mol. The number of H-pyrrole nitrogens is 1. The Labute approximate surface area is 221 Å². The largest absolute Gasteiger partial charge is 0.454 e. The molecule has 0 atom stereocenters. The highest BCUT2D eigenvalue weighted by Gasteiger charge is 2.29. The second kappa shape index (κ2) is 11.6. The third-order valence-corrected chi connectivity index (χ3v) is 5.54. The molecule has 0 spiro atoms. The van der Waals surface area contributed by atoms with Crippen LogP contribution < -0.4 is 20.3 Å². The van der Waals surface area contributed by atoms with E-state index in [1.807, 2.05) is 17.0 Å². The Kier molecular flexibility index (Phi) is 8.03. The molecule has 202 valence electrons. The van der Waals surface area contributed by atoms with Gasteiger partial charge in [0.25, 0.3) is 0 Å². The minimum atomic E-state index is -4.59. The van der Waals surface area contributed by atoms with Gasteiger partial charge in [0.2, 0.25) is 6.41 Å². The van der Waals surface area contributed by atoms with Crippen LogP contribution in [0, 0.1) is 0 Å². The molecule has 0 saturated carbocycles. The number of halogens is 3. The van der Waals surface area contributed by atoms with E-state index in [9.17, 15) is 18.0 Å². The van der Waals surface area contributed by atoms with Crippen molar-refractivity contribution in [3.05, 3.63) is 66.1 Å². The number of aliphatic imine (C=N–C) groups is 1. The Balaban J connectivity index is 1.69. The average Bonchev–Trinajstić information content (AvgIpc) is 3.45. The summed E-state index contributed by atoms with van der Waals surface area (Å²) < 4.78 is 43.0. The van der Waals surface area contributed by atoms with Crippen molar-refractivity contribution in [2.45, 2.75) is 12.7 Å². The molecule has 4 aromatic rings. The van der Waals surface area contributed by atoms with E-state index in [-0.39, 0.29) is 12.4 Å². The van der Waals surface area contributed by atoms with Crippen molar-refractivity contribution < 1.29 is 22.7 Å². The molecule has 14 heteroatoms. The lowest BCUT2D eigenvalue weighted by molar-refractivity contribution is -0.154. The quantitative estimate of drug-likeness (QED) is 0.176. The topological polar surface area (TPSA) is 139 Å². The number of nitrogens with two attached hydrogens (primary N) is 1. The number of carbonyl (C=O) groups excluding carboxylic acids is 1. The summed E-state index contributed by atoms with van der Waals surface area (Å²) in [7, 11) is 3.43. The fourth-order valence-electron chi connectivity index (χ4n) is 3.67. The minimum absolute atomic E-state index is 0.0576. The number of rotatable bonds is 10. The first-order chi connectivity index (χ1) is 18.7. The number of aromatic amines is 1. The summed E-state index contributed by atoms with van der Waals surface area (Å²) in [5.74, 6) is 0.588. The molecule has 0 bridgehead atoms. The molecule has 1 amide bonds. The SMILES string of the molecule is CN=Cc1cc(N(C)Cc2cnc(OCC(F)(F)F)nc2N(C=O)c2ccc(-c3ncn[nH]3)cc2)ccc1N. The second-order valence-corrected chi connectivity index (χ2v) is 8.32. The van der Waals surface area contributed by atoms with Gasteiger partial charge >= 0.3 is 12.2 Å². The van der Waals surface area contributed by atoms with Gasteiger partial charge in [-0.2, -0.15) is 23.3 Å². The van der Waals surface area contributed by atoms with Crippen molar-refractivity contribution in [1.82, 2.24) is 25.1 Å². The van der Waals surface area contributed by atoms with Crippen molar-refractivity contribution in [2.24, 2.45) is 4.99 Å². The zero-order valence-electron chi connectivity index (χ0n) is 20.9. The third-order valence-electron chi connectivity index (χ3n) is 5.54. The van der Waals surface area contributed by atoms with E-state index in [4.69, 9.17) is 10.5 Å². The maximum absolute atomic E-state index is 12.8. The number of ether oxygens (including phenoxy) is 1. The van der Waals surface area contributed by atoms with Crippen LogP contribution in [-0.4, -0.2) is 64.7 Å². The number of amides is 1. The number of nitrogens with zero attached hydrogens (tertiary/aromatic N) is 7. The Morgan fingerprint density at radius 1 is 1.13 bits per heavy atom. The van der Waals surface area contributed by atoms with Crippen LogP contribution in [0.5, 0.6) is 6.01 Å². The van der Waals surface area contributed by atoms with Crippen molar-refractivity contribution in [3.8, 4) is 17.4 Å². The van der Waals surface area contributed by atoms with Gasteiger partial charge in [0.15, 0.2) is 18.2 Å². The molecule has 2 aromatic heterocycles. The highest BCUT2D eigenvalue weighted by Crippen LogP contribution is 2.30. The van der Waals surface area contributed by atoms with Gasteiger partial charge in [-0.3, -0.25) is 19.8 Å². The number of benzene rings is 2. The van der Waals surface area contributed by atoms with Crippen molar-refractivity contribution in [3.63, 3.8) is 0 Å². The molecule has 11 nitrogen and oxygen atoms in total. The van der Waals surface area contributed by atoms with Gasteiger partial charge < -0.3 is 15.4 Å². The van der Waals surface area contributed by atoms with Gasteiger partial charge in [-0.05, 0) is 42.5 Å². The molecule has 0 saturated heterocycles. The van der Waals surface area contributed by atoms with Gasteiger partial charge in [-0.1, -0.05) is 0 Å². The van der Waals surface area contributed by atoms with Crippen LogP contribution in [0.2, 0.25) is 0 Å². The molecule has 2 aromatic carbocycles. The molecule has 0 aliphatic rings. The fourth-order valence-corrected chi connectivity index (χ4v) is 3.67. The Morgan fingerprint density at radius 2 is 1.87 bits per heavy atom. The summed E-state index contributed by atoms with van der Waals surface area (Å²) in [6.07, 6.45) is 0.256. The first-order valence-electron chi connectivity index (χ1n) is 11.5. The lowest BCUT2D eigenvalue weighted by Gasteiger charge is -2.25. The number of hydrogen-bond donors (Lipinski definition) is 2. The zero-order chi connectivity index (χ0) is 28.0. The molecule has 0 aliphatic heterocycles. The third kappa shape index (κ3) is 6.66. The number of aromatic nitrogens is 5. The first-order valence-corrected chi connectivity index (χ1v) is 11.5. The number of nitrogen functional groups attached to an aromatic ring is 1. The first kappa shape index (κ1) is 27.0. The number of nitrogens with one attached hydrogen (secondary N) is 1. The summed E-state index contributed by atoms with van der Waals surface area (Å²) in [6.45, 7) is -1.38. The van der Waals surface area contributed by atoms with Crippen LogP contribution in [0.15, 0.2) is 60.0 Å². The normalized spacial score (nSPS) is 11.5. The second-order valence-electron chi connectivity index (χ2n) is 8.32. The van der Waals surface area contributed by atoms with Crippen LogP contribution in [0.4, 0.5) is 36.1 Å². The van der Waals surface area contributed by atoms with Crippen LogP contribution in [0.25, 0.3) is 11.4 Å².